The fourth-order valence-corrected chi connectivity index (χ4v) is 3.06. The van der Waals surface area contributed by atoms with Gasteiger partial charge in [-0.3, -0.25) is 18.7 Å². The van der Waals surface area contributed by atoms with Gasteiger partial charge in [0.25, 0.3) is 5.56 Å². The molecule has 0 aliphatic heterocycles. The number of alkyl halides is 3. The second-order valence-corrected chi connectivity index (χ2v) is 7.10. The molecule has 0 atom stereocenters. The smallest absolute Gasteiger partial charge is 0.422 e. The second-order valence-electron chi connectivity index (χ2n) is 7.10. The van der Waals surface area contributed by atoms with Crippen molar-refractivity contribution in [3.63, 3.8) is 0 Å². The van der Waals surface area contributed by atoms with Crippen molar-refractivity contribution in [2.24, 2.45) is 14.1 Å². The summed E-state index contributed by atoms with van der Waals surface area (Å²) in [4.78, 5) is 44.3. The molecule has 0 spiro atoms. The van der Waals surface area contributed by atoms with E-state index in [1.807, 2.05) is 0 Å². The van der Waals surface area contributed by atoms with E-state index < -0.39 is 24.0 Å². The van der Waals surface area contributed by atoms with E-state index in [1.54, 1.807) is 10.6 Å². The number of amides is 1. The van der Waals surface area contributed by atoms with Crippen molar-refractivity contribution in [3.8, 4) is 5.88 Å². The minimum absolute atomic E-state index is 0.0976. The average Bonchev–Trinajstić information content (AvgIpc) is 3.17. The summed E-state index contributed by atoms with van der Waals surface area (Å²) >= 11 is 0. The number of pyridine rings is 1. The largest absolute Gasteiger partial charge is 0.468 e. The highest BCUT2D eigenvalue weighted by Crippen LogP contribution is 2.17. The Balaban J connectivity index is 1.53. The number of aromatic nitrogens is 5. The third kappa shape index (κ3) is 5.34. The Morgan fingerprint density at radius 3 is 2.66 bits per heavy atom. The van der Waals surface area contributed by atoms with Crippen molar-refractivity contribution in [2.45, 2.75) is 32.1 Å². The number of ether oxygens (including phenoxy) is 1. The first-order chi connectivity index (χ1) is 15.1. The molecule has 1 N–H and O–H groups in total. The number of nitrogens with zero attached hydrogens (tertiary/aromatic N) is 5. The van der Waals surface area contributed by atoms with Crippen molar-refractivity contribution in [2.75, 3.05) is 6.61 Å². The topological polar surface area (TPSA) is 113 Å². The van der Waals surface area contributed by atoms with Crippen LogP contribution in [0.4, 0.5) is 13.2 Å². The van der Waals surface area contributed by atoms with Crippen LogP contribution in [-0.4, -0.2) is 42.4 Å². The summed E-state index contributed by atoms with van der Waals surface area (Å²) in [5.41, 5.74) is 0.138. The SMILES string of the molecule is Cn1c(=O)c2c(ncn2CCCC(=O)NCc2ccnc(OCC(F)(F)F)c2)n(C)c1=O. The van der Waals surface area contributed by atoms with Crippen LogP contribution in [0.25, 0.3) is 11.2 Å². The van der Waals surface area contributed by atoms with Gasteiger partial charge in [-0.1, -0.05) is 0 Å². The maximum absolute atomic E-state index is 12.4. The highest BCUT2D eigenvalue weighted by molar-refractivity contribution is 5.75. The van der Waals surface area contributed by atoms with Gasteiger partial charge in [-0.25, -0.2) is 14.8 Å². The lowest BCUT2D eigenvalue weighted by atomic mass is 10.2. The summed E-state index contributed by atoms with van der Waals surface area (Å²) in [5, 5.41) is 2.67. The van der Waals surface area contributed by atoms with Crippen molar-refractivity contribution >= 4 is 17.1 Å². The Hall–Kier alpha value is -3.64. The van der Waals surface area contributed by atoms with E-state index in [0.29, 0.717) is 18.5 Å². The fraction of sp³-hybridized carbons (Fsp3) is 0.421. The van der Waals surface area contributed by atoms with E-state index in [4.69, 9.17) is 0 Å². The van der Waals surface area contributed by atoms with Gasteiger partial charge >= 0.3 is 11.9 Å². The monoisotopic (exact) mass is 454 g/mol. The standard InChI is InChI=1S/C19H21F3N6O4/c1-26-16-15(17(30)27(2)18(26)31)28(11-25-16)7-3-4-13(29)24-9-12-5-6-23-14(8-12)32-10-19(20,21)22/h5-6,8,11H,3-4,7,9-10H2,1-2H3,(H,24,29). The maximum atomic E-state index is 12.4. The van der Waals surface area contributed by atoms with Gasteiger partial charge < -0.3 is 14.6 Å². The van der Waals surface area contributed by atoms with E-state index in [1.165, 1.54) is 37.3 Å². The number of nitrogens with one attached hydrogen (secondary N) is 1. The number of hydrogen-bond acceptors (Lipinski definition) is 6. The van der Waals surface area contributed by atoms with E-state index in [9.17, 15) is 27.6 Å². The Labute approximate surface area is 179 Å². The molecule has 0 aromatic carbocycles. The van der Waals surface area contributed by atoms with Gasteiger partial charge in [0, 0.05) is 45.9 Å². The normalized spacial score (nSPS) is 11.7. The van der Waals surface area contributed by atoms with E-state index in [0.717, 1.165) is 4.57 Å². The van der Waals surface area contributed by atoms with Crippen LogP contribution in [0.1, 0.15) is 18.4 Å². The lowest BCUT2D eigenvalue weighted by molar-refractivity contribution is -0.154. The van der Waals surface area contributed by atoms with Crippen molar-refractivity contribution < 1.29 is 22.7 Å². The van der Waals surface area contributed by atoms with Gasteiger partial charge in [0.15, 0.2) is 17.8 Å². The summed E-state index contributed by atoms with van der Waals surface area (Å²) in [6, 6.07) is 2.88. The number of carbonyl (C=O) groups excluding carboxylic acids is 1. The molecule has 3 rings (SSSR count). The first-order valence-corrected chi connectivity index (χ1v) is 9.59. The van der Waals surface area contributed by atoms with Gasteiger partial charge in [0.05, 0.1) is 6.33 Å². The summed E-state index contributed by atoms with van der Waals surface area (Å²) in [7, 11) is 2.90. The molecule has 0 saturated carbocycles. The number of aryl methyl sites for hydroxylation is 2. The third-order valence-electron chi connectivity index (χ3n) is 4.69. The molecule has 32 heavy (non-hydrogen) atoms. The summed E-state index contributed by atoms with van der Waals surface area (Å²) in [6.07, 6.45) is -1.17. The predicted octanol–water partition coefficient (Wildman–Crippen LogP) is 0.866. The second kappa shape index (κ2) is 9.24. The molecule has 0 fully saturated rings. The quantitative estimate of drug-likeness (QED) is 0.541. The molecule has 0 unspecified atom stereocenters. The molecule has 0 aliphatic rings. The van der Waals surface area contributed by atoms with Crippen LogP contribution in [0.2, 0.25) is 0 Å². The minimum atomic E-state index is -4.47. The average molecular weight is 454 g/mol. The summed E-state index contributed by atoms with van der Waals surface area (Å²) in [5.74, 6) is -0.457. The fourth-order valence-electron chi connectivity index (χ4n) is 3.06. The zero-order valence-electron chi connectivity index (χ0n) is 17.3. The number of carbonyl (C=O) groups is 1. The molecular formula is C19H21F3N6O4. The van der Waals surface area contributed by atoms with Crippen LogP contribution in [0.5, 0.6) is 5.88 Å². The van der Waals surface area contributed by atoms with Crippen LogP contribution in [0, 0.1) is 0 Å². The predicted molar refractivity (Wildman–Crippen MR) is 107 cm³/mol. The minimum Gasteiger partial charge on any atom is -0.468 e. The Kier molecular flexibility index (Phi) is 6.65. The maximum Gasteiger partial charge on any atom is 0.422 e. The number of rotatable bonds is 8. The zero-order chi connectivity index (χ0) is 23.5. The van der Waals surface area contributed by atoms with Crippen LogP contribution in [-0.2, 0) is 32.0 Å². The highest BCUT2D eigenvalue weighted by atomic mass is 19.4. The molecule has 3 heterocycles. The van der Waals surface area contributed by atoms with Crippen LogP contribution in [0.15, 0.2) is 34.2 Å². The molecule has 0 aliphatic carbocycles. The summed E-state index contributed by atoms with van der Waals surface area (Å²) < 4.78 is 45.2. The van der Waals surface area contributed by atoms with E-state index in [-0.39, 0.29) is 35.9 Å². The Bertz CT molecular complexity index is 1240. The third-order valence-corrected chi connectivity index (χ3v) is 4.69. The number of hydrogen-bond donors (Lipinski definition) is 1. The lowest BCUT2D eigenvalue weighted by Crippen LogP contribution is -2.37. The highest BCUT2D eigenvalue weighted by Gasteiger charge is 2.28. The lowest BCUT2D eigenvalue weighted by Gasteiger charge is -2.10. The Morgan fingerprint density at radius 2 is 1.94 bits per heavy atom. The first kappa shape index (κ1) is 23.0. The molecule has 10 nitrogen and oxygen atoms in total. The van der Waals surface area contributed by atoms with Crippen molar-refractivity contribution in [3.05, 3.63) is 51.1 Å². The van der Waals surface area contributed by atoms with E-state index in [2.05, 4.69) is 20.0 Å². The molecule has 0 bridgehead atoms. The molecule has 1 amide bonds. The van der Waals surface area contributed by atoms with Gasteiger partial charge in [-0.15, -0.1) is 0 Å². The van der Waals surface area contributed by atoms with Crippen LogP contribution in [0.3, 0.4) is 0 Å². The molecule has 0 saturated heterocycles. The van der Waals surface area contributed by atoms with Gasteiger partial charge in [-0.05, 0) is 18.1 Å². The van der Waals surface area contributed by atoms with Gasteiger partial charge in [0.2, 0.25) is 11.8 Å². The molecular weight excluding hydrogens is 433 g/mol. The molecule has 172 valence electrons. The van der Waals surface area contributed by atoms with Crippen LogP contribution < -0.4 is 21.3 Å². The number of imidazole rings is 1. The van der Waals surface area contributed by atoms with Gasteiger partial charge in [0.1, 0.15) is 0 Å². The van der Waals surface area contributed by atoms with Crippen LogP contribution >= 0.6 is 0 Å². The van der Waals surface area contributed by atoms with Crippen molar-refractivity contribution in [1.29, 1.82) is 0 Å². The molecule has 0 radical (unpaired) electrons. The first-order valence-electron chi connectivity index (χ1n) is 9.59. The number of fused-ring (bicyclic) bond motifs is 1. The van der Waals surface area contributed by atoms with Gasteiger partial charge in [-0.2, -0.15) is 13.2 Å². The Morgan fingerprint density at radius 1 is 1.19 bits per heavy atom. The molecule has 3 aromatic heterocycles. The molecule has 13 heteroatoms. The summed E-state index contributed by atoms with van der Waals surface area (Å²) in [6.45, 7) is -1.02. The number of halogens is 3. The van der Waals surface area contributed by atoms with Crippen molar-refractivity contribution in [1.82, 2.24) is 29.0 Å². The molecule has 3 aromatic rings. The zero-order valence-corrected chi connectivity index (χ0v) is 17.3. The van der Waals surface area contributed by atoms with E-state index >= 15 is 0 Å².